The molecule has 0 aliphatic heterocycles. The standard InChI is InChI=1S/C7H11NO2/c8-6-3-1-5(2-4-6)7(9)10/h5,8H,1-4H2,(H,9,10). The number of aliphatic carboxylic acids is 1. The van der Waals surface area contributed by atoms with Crippen LogP contribution in [0.2, 0.25) is 0 Å². The van der Waals surface area contributed by atoms with E-state index in [-0.39, 0.29) is 5.92 Å². The minimum Gasteiger partial charge on any atom is -0.481 e. The molecule has 0 spiro atoms. The molecule has 10 heavy (non-hydrogen) atoms. The third-order valence-electron chi connectivity index (χ3n) is 1.94. The number of carboxylic acids is 1. The predicted octanol–water partition coefficient (Wildman–Crippen LogP) is 1.28. The van der Waals surface area contributed by atoms with E-state index in [0.717, 1.165) is 0 Å². The van der Waals surface area contributed by atoms with Crippen LogP contribution in [-0.4, -0.2) is 16.8 Å². The van der Waals surface area contributed by atoms with Gasteiger partial charge >= 0.3 is 5.97 Å². The lowest BCUT2D eigenvalue weighted by atomic mass is 9.88. The molecule has 0 amide bonds. The van der Waals surface area contributed by atoms with Gasteiger partial charge in [-0.1, -0.05) is 0 Å². The van der Waals surface area contributed by atoms with Crippen molar-refractivity contribution in [1.29, 1.82) is 5.41 Å². The molecule has 0 aromatic rings. The zero-order valence-corrected chi connectivity index (χ0v) is 5.76. The molecule has 0 saturated heterocycles. The molecule has 2 N–H and O–H groups in total. The van der Waals surface area contributed by atoms with Gasteiger partial charge in [0, 0.05) is 5.71 Å². The van der Waals surface area contributed by atoms with Crippen LogP contribution in [0.25, 0.3) is 0 Å². The van der Waals surface area contributed by atoms with Crippen molar-refractivity contribution in [3.05, 3.63) is 0 Å². The van der Waals surface area contributed by atoms with Gasteiger partial charge in [0.05, 0.1) is 5.92 Å². The van der Waals surface area contributed by atoms with E-state index < -0.39 is 5.97 Å². The molecule has 1 aliphatic carbocycles. The Kier molecular flexibility index (Phi) is 2.04. The average molecular weight is 141 g/mol. The fraction of sp³-hybridized carbons (Fsp3) is 0.714. The highest BCUT2D eigenvalue weighted by Crippen LogP contribution is 2.21. The van der Waals surface area contributed by atoms with E-state index in [1.807, 2.05) is 0 Å². The molecular weight excluding hydrogens is 130 g/mol. The van der Waals surface area contributed by atoms with E-state index in [1.54, 1.807) is 0 Å². The summed E-state index contributed by atoms with van der Waals surface area (Å²) in [6, 6.07) is 0. The third-order valence-corrected chi connectivity index (χ3v) is 1.94. The summed E-state index contributed by atoms with van der Waals surface area (Å²) < 4.78 is 0. The van der Waals surface area contributed by atoms with Crippen molar-refractivity contribution in [3.63, 3.8) is 0 Å². The van der Waals surface area contributed by atoms with Crippen molar-refractivity contribution < 1.29 is 9.90 Å². The fourth-order valence-electron chi connectivity index (χ4n) is 1.21. The molecule has 1 aliphatic rings. The van der Waals surface area contributed by atoms with Crippen molar-refractivity contribution in [3.8, 4) is 0 Å². The molecule has 0 radical (unpaired) electrons. The molecule has 0 aromatic heterocycles. The van der Waals surface area contributed by atoms with Crippen LogP contribution >= 0.6 is 0 Å². The first-order valence-electron chi connectivity index (χ1n) is 3.49. The summed E-state index contributed by atoms with van der Waals surface area (Å²) in [5.41, 5.74) is 0.706. The smallest absolute Gasteiger partial charge is 0.306 e. The lowest BCUT2D eigenvalue weighted by molar-refractivity contribution is -0.142. The number of rotatable bonds is 1. The Hall–Kier alpha value is -0.860. The summed E-state index contributed by atoms with van der Waals surface area (Å²) >= 11 is 0. The zero-order valence-electron chi connectivity index (χ0n) is 5.76. The summed E-state index contributed by atoms with van der Waals surface area (Å²) in [7, 11) is 0. The van der Waals surface area contributed by atoms with E-state index in [4.69, 9.17) is 10.5 Å². The van der Waals surface area contributed by atoms with Gasteiger partial charge in [-0.05, 0) is 25.7 Å². The van der Waals surface area contributed by atoms with Gasteiger partial charge < -0.3 is 10.5 Å². The van der Waals surface area contributed by atoms with Crippen LogP contribution in [0.3, 0.4) is 0 Å². The van der Waals surface area contributed by atoms with Gasteiger partial charge in [-0.3, -0.25) is 4.79 Å². The molecule has 0 atom stereocenters. The summed E-state index contributed by atoms with van der Waals surface area (Å²) in [4.78, 5) is 10.4. The molecule has 3 heteroatoms. The average Bonchev–Trinajstić information content (AvgIpc) is 1.88. The van der Waals surface area contributed by atoms with Crippen molar-refractivity contribution in [2.45, 2.75) is 25.7 Å². The van der Waals surface area contributed by atoms with Gasteiger partial charge in [0.1, 0.15) is 0 Å². The summed E-state index contributed by atoms with van der Waals surface area (Å²) in [5.74, 6) is -0.887. The maximum absolute atomic E-state index is 10.4. The van der Waals surface area contributed by atoms with Crippen molar-refractivity contribution >= 4 is 11.7 Å². The highest BCUT2D eigenvalue weighted by Gasteiger charge is 2.21. The quantitative estimate of drug-likeness (QED) is 0.577. The summed E-state index contributed by atoms with van der Waals surface area (Å²) in [6.07, 6.45) is 2.68. The second-order valence-corrected chi connectivity index (χ2v) is 2.72. The van der Waals surface area contributed by atoms with Gasteiger partial charge in [0.25, 0.3) is 0 Å². The monoisotopic (exact) mass is 141 g/mol. The second-order valence-electron chi connectivity index (χ2n) is 2.72. The Morgan fingerprint density at radius 1 is 1.50 bits per heavy atom. The Balaban J connectivity index is 2.40. The minimum absolute atomic E-state index is 0.186. The molecule has 0 bridgehead atoms. The highest BCUT2D eigenvalue weighted by atomic mass is 16.4. The minimum atomic E-state index is -0.701. The second kappa shape index (κ2) is 2.82. The normalized spacial score (nSPS) is 26.4. The topological polar surface area (TPSA) is 61.2 Å². The highest BCUT2D eigenvalue weighted by molar-refractivity contribution is 5.84. The Morgan fingerprint density at radius 3 is 2.40 bits per heavy atom. The van der Waals surface area contributed by atoms with Crippen LogP contribution in [0, 0.1) is 11.3 Å². The first-order valence-corrected chi connectivity index (χ1v) is 3.49. The van der Waals surface area contributed by atoms with Crippen LogP contribution in [0.1, 0.15) is 25.7 Å². The number of hydrogen-bond donors (Lipinski definition) is 2. The van der Waals surface area contributed by atoms with Crippen LogP contribution in [0.5, 0.6) is 0 Å². The third kappa shape index (κ3) is 1.56. The maximum atomic E-state index is 10.4. The van der Waals surface area contributed by atoms with E-state index in [0.29, 0.717) is 31.4 Å². The van der Waals surface area contributed by atoms with Crippen LogP contribution in [0.4, 0.5) is 0 Å². The largest absolute Gasteiger partial charge is 0.481 e. The van der Waals surface area contributed by atoms with Crippen molar-refractivity contribution in [2.24, 2.45) is 5.92 Å². The number of hydrogen-bond acceptors (Lipinski definition) is 2. The van der Waals surface area contributed by atoms with Crippen LogP contribution in [0.15, 0.2) is 0 Å². The van der Waals surface area contributed by atoms with E-state index in [9.17, 15) is 4.79 Å². The maximum Gasteiger partial charge on any atom is 0.306 e. The Bertz CT molecular complexity index is 155. The van der Waals surface area contributed by atoms with Gasteiger partial charge in [0.2, 0.25) is 0 Å². The van der Waals surface area contributed by atoms with Gasteiger partial charge in [-0.25, -0.2) is 0 Å². The molecule has 56 valence electrons. The molecule has 1 rings (SSSR count). The predicted molar refractivity (Wildman–Crippen MR) is 37.3 cm³/mol. The fourth-order valence-corrected chi connectivity index (χ4v) is 1.21. The van der Waals surface area contributed by atoms with E-state index in [1.165, 1.54) is 0 Å². The molecule has 0 unspecified atom stereocenters. The molecule has 0 heterocycles. The number of nitrogens with one attached hydrogen (secondary N) is 1. The van der Waals surface area contributed by atoms with E-state index >= 15 is 0 Å². The Morgan fingerprint density at radius 2 is 2.00 bits per heavy atom. The molecule has 1 fully saturated rings. The summed E-state index contributed by atoms with van der Waals surface area (Å²) in [5, 5.41) is 15.8. The lowest BCUT2D eigenvalue weighted by Crippen LogP contribution is -2.20. The SMILES string of the molecule is N=C1CCC(C(=O)O)CC1. The van der Waals surface area contributed by atoms with Gasteiger partial charge in [-0.15, -0.1) is 0 Å². The molecular formula is C7H11NO2. The Labute approximate surface area is 59.6 Å². The van der Waals surface area contributed by atoms with Crippen molar-refractivity contribution in [2.75, 3.05) is 0 Å². The first-order chi connectivity index (χ1) is 4.70. The zero-order chi connectivity index (χ0) is 7.56. The molecule has 1 saturated carbocycles. The molecule has 0 aromatic carbocycles. The van der Waals surface area contributed by atoms with Crippen LogP contribution in [-0.2, 0) is 4.79 Å². The summed E-state index contributed by atoms with van der Waals surface area (Å²) in [6.45, 7) is 0. The number of carbonyl (C=O) groups is 1. The van der Waals surface area contributed by atoms with Gasteiger partial charge in [0.15, 0.2) is 0 Å². The molecule has 3 nitrogen and oxygen atoms in total. The van der Waals surface area contributed by atoms with E-state index in [2.05, 4.69) is 0 Å². The number of carboxylic acid groups (broad SMARTS) is 1. The van der Waals surface area contributed by atoms with Gasteiger partial charge in [-0.2, -0.15) is 0 Å². The van der Waals surface area contributed by atoms with Crippen molar-refractivity contribution in [1.82, 2.24) is 0 Å². The van der Waals surface area contributed by atoms with Crippen LogP contribution < -0.4 is 0 Å². The lowest BCUT2D eigenvalue weighted by Gasteiger charge is -2.17. The first kappa shape index (κ1) is 7.25.